The minimum absolute atomic E-state index is 0.164. The number of rotatable bonds is 3. The zero-order chi connectivity index (χ0) is 14.0. The number of carbonyl (C=O) groups is 1. The molecule has 0 unspecified atom stereocenters. The van der Waals surface area contributed by atoms with Gasteiger partial charge in [-0.05, 0) is 24.5 Å². The summed E-state index contributed by atoms with van der Waals surface area (Å²) in [5.41, 5.74) is 3.43. The van der Waals surface area contributed by atoms with Crippen molar-refractivity contribution >= 4 is 5.97 Å². The highest BCUT2D eigenvalue weighted by Gasteiger charge is 2.10. The number of hydrogen-bond donors (Lipinski definition) is 1. The van der Waals surface area contributed by atoms with E-state index in [0.29, 0.717) is 17.3 Å². The normalized spacial score (nSPS) is 10.7. The molecular weight excluding hydrogens is 240 g/mol. The van der Waals surface area contributed by atoms with Crippen LogP contribution in [0.5, 0.6) is 0 Å². The van der Waals surface area contributed by atoms with E-state index < -0.39 is 5.97 Å². The van der Waals surface area contributed by atoms with Gasteiger partial charge in [0.25, 0.3) is 0 Å². The zero-order valence-corrected chi connectivity index (χ0v) is 11.2. The van der Waals surface area contributed by atoms with Gasteiger partial charge in [0, 0.05) is 11.3 Å². The van der Waals surface area contributed by atoms with Crippen LogP contribution < -0.4 is 0 Å². The van der Waals surface area contributed by atoms with Gasteiger partial charge in [-0.3, -0.25) is 0 Å². The number of nitrogens with zero attached hydrogens (tertiary/aromatic N) is 2. The highest BCUT2D eigenvalue weighted by atomic mass is 16.4. The van der Waals surface area contributed by atoms with Gasteiger partial charge in [0.2, 0.25) is 5.82 Å². The van der Waals surface area contributed by atoms with Crippen LogP contribution in [0.25, 0.3) is 11.3 Å². The molecule has 4 nitrogen and oxygen atoms in total. The van der Waals surface area contributed by atoms with Crippen molar-refractivity contribution < 1.29 is 9.90 Å². The van der Waals surface area contributed by atoms with Crippen molar-refractivity contribution in [2.75, 3.05) is 0 Å². The quantitative estimate of drug-likeness (QED) is 0.915. The molecule has 2 rings (SSSR count). The first kappa shape index (κ1) is 13.2. The molecule has 98 valence electrons. The first-order chi connectivity index (χ1) is 8.97. The molecule has 2 aromatic rings. The van der Waals surface area contributed by atoms with Gasteiger partial charge in [0.1, 0.15) is 0 Å². The van der Waals surface area contributed by atoms with Crippen molar-refractivity contribution in [1.82, 2.24) is 9.97 Å². The molecule has 19 heavy (non-hydrogen) atoms. The number of carboxylic acids is 1. The monoisotopic (exact) mass is 256 g/mol. The second-order valence-electron chi connectivity index (χ2n) is 4.80. The molecule has 4 heteroatoms. The smallest absolute Gasteiger partial charge is 0.373 e. The molecule has 0 bridgehead atoms. The molecule has 0 aliphatic heterocycles. The third-order valence-corrected chi connectivity index (χ3v) is 2.92. The van der Waals surface area contributed by atoms with Crippen molar-refractivity contribution in [3.05, 3.63) is 47.4 Å². The lowest BCUT2D eigenvalue weighted by Gasteiger charge is -2.07. The van der Waals surface area contributed by atoms with Crippen LogP contribution >= 0.6 is 0 Å². The summed E-state index contributed by atoms with van der Waals surface area (Å²) in [5, 5.41) is 8.97. The number of aromatic carboxylic acids is 1. The van der Waals surface area contributed by atoms with Crippen LogP contribution in [0.2, 0.25) is 0 Å². The average Bonchev–Trinajstić information content (AvgIpc) is 2.38. The zero-order valence-electron chi connectivity index (χ0n) is 11.2. The third kappa shape index (κ3) is 2.96. The number of aromatic nitrogens is 2. The number of hydrogen-bond acceptors (Lipinski definition) is 3. The first-order valence-electron chi connectivity index (χ1n) is 6.16. The van der Waals surface area contributed by atoms with E-state index in [1.807, 2.05) is 24.3 Å². The summed E-state index contributed by atoms with van der Waals surface area (Å²) in [4.78, 5) is 18.9. The molecule has 1 N–H and O–H groups in total. The fourth-order valence-corrected chi connectivity index (χ4v) is 1.85. The molecule has 0 spiro atoms. The lowest BCUT2D eigenvalue weighted by atomic mass is 10.0. The van der Waals surface area contributed by atoms with E-state index in [1.54, 1.807) is 13.0 Å². The summed E-state index contributed by atoms with van der Waals surface area (Å²) >= 11 is 0. The summed E-state index contributed by atoms with van der Waals surface area (Å²) in [6.45, 7) is 6.03. The minimum Gasteiger partial charge on any atom is -0.475 e. The highest BCUT2D eigenvalue weighted by molar-refractivity contribution is 5.84. The van der Waals surface area contributed by atoms with Crippen LogP contribution in [0, 0.1) is 6.92 Å². The van der Waals surface area contributed by atoms with Crippen molar-refractivity contribution in [3.63, 3.8) is 0 Å². The predicted octanol–water partition coefficient (Wildman–Crippen LogP) is 3.27. The van der Waals surface area contributed by atoms with Gasteiger partial charge in [0.15, 0.2) is 0 Å². The SMILES string of the molecule is Cc1cc(-c2ccc(C(C)C)cc2)nc(C(=O)O)n1. The van der Waals surface area contributed by atoms with Crippen molar-refractivity contribution in [2.24, 2.45) is 0 Å². The number of carboxylic acid groups (broad SMARTS) is 1. The maximum atomic E-state index is 11.0. The van der Waals surface area contributed by atoms with Crippen molar-refractivity contribution in [1.29, 1.82) is 0 Å². The third-order valence-electron chi connectivity index (χ3n) is 2.92. The minimum atomic E-state index is -1.11. The van der Waals surface area contributed by atoms with Crippen LogP contribution in [0.3, 0.4) is 0 Å². The number of aryl methyl sites for hydroxylation is 1. The van der Waals surface area contributed by atoms with Crippen LogP contribution in [-0.2, 0) is 0 Å². The molecule has 0 aliphatic carbocycles. The van der Waals surface area contributed by atoms with Gasteiger partial charge in [-0.15, -0.1) is 0 Å². The molecule has 0 atom stereocenters. The Labute approximate surface area is 112 Å². The molecule has 1 aromatic carbocycles. The Bertz CT molecular complexity index is 604. The number of benzene rings is 1. The fourth-order valence-electron chi connectivity index (χ4n) is 1.85. The summed E-state index contributed by atoms with van der Waals surface area (Å²) in [6.07, 6.45) is 0. The van der Waals surface area contributed by atoms with E-state index in [9.17, 15) is 4.79 Å². The maximum absolute atomic E-state index is 11.0. The molecular formula is C15H16N2O2. The Kier molecular flexibility index (Phi) is 3.60. The van der Waals surface area contributed by atoms with Gasteiger partial charge < -0.3 is 5.11 Å². The van der Waals surface area contributed by atoms with Crippen LogP contribution in [0.4, 0.5) is 0 Å². The lowest BCUT2D eigenvalue weighted by Crippen LogP contribution is -2.06. The molecule has 1 aromatic heterocycles. The Morgan fingerprint density at radius 1 is 1.16 bits per heavy atom. The van der Waals surface area contributed by atoms with E-state index in [4.69, 9.17) is 5.11 Å². The summed E-state index contributed by atoms with van der Waals surface area (Å²) in [5.74, 6) is -0.803. The van der Waals surface area contributed by atoms with Gasteiger partial charge in [-0.2, -0.15) is 0 Å². The summed E-state index contributed by atoms with van der Waals surface area (Å²) in [7, 11) is 0. The first-order valence-corrected chi connectivity index (χ1v) is 6.16. The molecule has 0 radical (unpaired) electrons. The van der Waals surface area contributed by atoms with Crippen molar-refractivity contribution in [2.45, 2.75) is 26.7 Å². The van der Waals surface area contributed by atoms with Crippen LogP contribution in [-0.4, -0.2) is 21.0 Å². The fraction of sp³-hybridized carbons (Fsp3) is 0.267. The molecule has 1 heterocycles. The molecule has 0 saturated heterocycles. The summed E-state index contributed by atoms with van der Waals surface area (Å²) in [6, 6.07) is 9.79. The second kappa shape index (κ2) is 5.18. The van der Waals surface area contributed by atoms with E-state index >= 15 is 0 Å². The van der Waals surface area contributed by atoms with Gasteiger partial charge in [0.05, 0.1) is 5.69 Å². The van der Waals surface area contributed by atoms with Crippen molar-refractivity contribution in [3.8, 4) is 11.3 Å². The average molecular weight is 256 g/mol. The van der Waals surface area contributed by atoms with Crippen LogP contribution in [0.1, 0.15) is 41.6 Å². The predicted molar refractivity (Wildman–Crippen MR) is 73.3 cm³/mol. The highest BCUT2D eigenvalue weighted by Crippen LogP contribution is 2.21. The Hall–Kier alpha value is -2.23. The van der Waals surface area contributed by atoms with E-state index in [1.165, 1.54) is 5.56 Å². The Morgan fingerprint density at radius 2 is 1.79 bits per heavy atom. The molecule has 0 amide bonds. The maximum Gasteiger partial charge on any atom is 0.373 e. The lowest BCUT2D eigenvalue weighted by molar-refractivity contribution is 0.0683. The van der Waals surface area contributed by atoms with Gasteiger partial charge in [-0.25, -0.2) is 14.8 Å². The largest absolute Gasteiger partial charge is 0.475 e. The Morgan fingerprint density at radius 3 is 2.32 bits per heavy atom. The van der Waals surface area contributed by atoms with Crippen LogP contribution in [0.15, 0.2) is 30.3 Å². The standard InChI is InChI=1S/C15H16N2O2/c1-9(2)11-4-6-12(7-5-11)13-8-10(3)16-14(17-13)15(18)19/h4-9H,1-3H3,(H,18,19). The Balaban J connectivity index is 2.43. The topological polar surface area (TPSA) is 63.1 Å². The van der Waals surface area contributed by atoms with E-state index in [-0.39, 0.29) is 5.82 Å². The van der Waals surface area contributed by atoms with Gasteiger partial charge >= 0.3 is 5.97 Å². The second-order valence-corrected chi connectivity index (χ2v) is 4.80. The summed E-state index contributed by atoms with van der Waals surface area (Å²) < 4.78 is 0. The van der Waals surface area contributed by atoms with Gasteiger partial charge in [-0.1, -0.05) is 38.1 Å². The molecule has 0 fully saturated rings. The van der Waals surface area contributed by atoms with E-state index in [2.05, 4.69) is 23.8 Å². The molecule has 0 saturated carbocycles. The molecule has 0 aliphatic rings. The van der Waals surface area contributed by atoms with E-state index in [0.717, 1.165) is 5.56 Å².